The summed E-state index contributed by atoms with van der Waals surface area (Å²) in [6.45, 7) is 0. The van der Waals surface area contributed by atoms with Gasteiger partial charge < -0.3 is 19.7 Å². The number of para-hydroxylation sites is 1. The lowest BCUT2D eigenvalue weighted by molar-refractivity contribution is -0.119. The van der Waals surface area contributed by atoms with Gasteiger partial charge in [0.1, 0.15) is 23.1 Å². The molecule has 176 valence electrons. The first-order valence-electron chi connectivity index (χ1n) is 10.3. The van der Waals surface area contributed by atoms with E-state index in [2.05, 4.69) is 5.32 Å². The average molecular weight is 470 g/mol. The van der Waals surface area contributed by atoms with Crippen molar-refractivity contribution in [2.24, 2.45) is 0 Å². The van der Waals surface area contributed by atoms with E-state index >= 15 is 0 Å². The third-order valence-electron chi connectivity index (χ3n) is 5.89. The summed E-state index contributed by atoms with van der Waals surface area (Å²) in [5.74, 6) is -4.62. The van der Waals surface area contributed by atoms with E-state index in [1.165, 1.54) is 62.6 Å². The van der Waals surface area contributed by atoms with Crippen LogP contribution >= 0.6 is 0 Å². The number of amides is 2. The van der Waals surface area contributed by atoms with Crippen LogP contribution in [0.5, 0.6) is 11.5 Å². The van der Waals surface area contributed by atoms with E-state index in [0.717, 1.165) is 12.1 Å². The lowest BCUT2D eigenvalue weighted by Crippen LogP contribution is -2.44. The Kier molecular flexibility index (Phi) is 6.19. The van der Waals surface area contributed by atoms with Gasteiger partial charge in [-0.2, -0.15) is 0 Å². The van der Waals surface area contributed by atoms with Crippen molar-refractivity contribution >= 4 is 17.5 Å². The molecule has 1 aliphatic rings. The quantitative estimate of drug-likeness (QED) is 0.589. The smallest absolute Gasteiger partial charge is 0.254 e. The molecule has 0 fully saturated rings. The van der Waals surface area contributed by atoms with Crippen molar-refractivity contribution in [3.63, 3.8) is 0 Å². The minimum absolute atomic E-state index is 0.0768. The van der Waals surface area contributed by atoms with Gasteiger partial charge in [-0.15, -0.1) is 0 Å². The molecule has 1 heterocycles. The van der Waals surface area contributed by atoms with E-state index in [1.54, 1.807) is 6.07 Å². The van der Waals surface area contributed by atoms with Crippen molar-refractivity contribution in [3.8, 4) is 11.5 Å². The summed E-state index contributed by atoms with van der Waals surface area (Å²) < 4.78 is 54.1. The van der Waals surface area contributed by atoms with E-state index in [9.17, 15) is 22.8 Å². The Morgan fingerprint density at radius 2 is 1.47 bits per heavy atom. The SMILES string of the molecule is COc1cc2c(cc1OC)[C@@H](C(=O)Nc1c(F)cccc1F)[C@H](c1ccccc1F)N(C)C2=O. The molecule has 0 saturated heterocycles. The molecule has 0 unspecified atom stereocenters. The van der Waals surface area contributed by atoms with Gasteiger partial charge in [-0.05, 0) is 35.9 Å². The standard InChI is InChI=1S/C25H21F3N2O4/c1-30-23(13-7-4-5-8-16(13)26)21(24(31)29-22-17(27)9-6-10-18(22)28)14-11-19(33-2)20(34-3)12-15(14)25(30)32/h4-12,21,23H,1-3H3,(H,29,31)/t21-,23+/m1/s1. The highest BCUT2D eigenvalue weighted by Gasteiger charge is 2.44. The van der Waals surface area contributed by atoms with Crippen LogP contribution in [-0.4, -0.2) is 38.0 Å². The number of ether oxygens (including phenoxy) is 2. The molecular formula is C25H21F3N2O4. The number of hydrogen-bond donors (Lipinski definition) is 1. The summed E-state index contributed by atoms with van der Waals surface area (Å²) >= 11 is 0. The number of anilines is 1. The number of benzene rings is 3. The number of hydrogen-bond acceptors (Lipinski definition) is 4. The number of carbonyl (C=O) groups excluding carboxylic acids is 2. The fourth-order valence-corrected chi connectivity index (χ4v) is 4.25. The first-order chi connectivity index (χ1) is 16.3. The first kappa shape index (κ1) is 23.2. The molecule has 34 heavy (non-hydrogen) atoms. The van der Waals surface area contributed by atoms with Gasteiger partial charge in [0.15, 0.2) is 11.5 Å². The molecule has 6 nitrogen and oxygen atoms in total. The number of likely N-dealkylation sites (N-methyl/N-ethyl adjacent to an activating group) is 1. The molecule has 3 aromatic rings. The molecular weight excluding hydrogens is 449 g/mol. The maximum atomic E-state index is 14.9. The Morgan fingerprint density at radius 1 is 0.882 bits per heavy atom. The van der Waals surface area contributed by atoms with E-state index in [4.69, 9.17) is 9.47 Å². The van der Waals surface area contributed by atoms with Crippen LogP contribution in [0.2, 0.25) is 0 Å². The molecule has 4 rings (SSSR count). The van der Waals surface area contributed by atoms with Crippen molar-refractivity contribution in [1.82, 2.24) is 4.90 Å². The highest BCUT2D eigenvalue weighted by Crippen LogP contribution is 2.46. The maximum Gasteiger partial charge on any atom is 0.254 e. The highest BCUT2D eigenvalue weighted by atomic mass is 19.1. The van der Waals surface area contributed by atoms with Crippen molar-refractivity contribution in [2.45, 2.75) is 12.0 Å². The summed E-state index contributed by atoms with van der Waals surface area (Å²) in [5.41, 5.74) is -0.223. The number of methoxy groups -OCH3 is 2. The van der Waals surface area contributed by atoms with Crippen molar-refractivity contribution in [3.05, 3.63) is 88.7 Å². The van der Waals surface area contributed by atoms with E-state index in [-0.39, 0.29) is 28.2 Å². The molecule has 0 saturated carbocycles. The van der Waals surface area contributed by atoms with E-state index in [1.807, 2.05) is 0 Å². The van der Waals surface area contributed by atoms with Crippen LogP contribution in [0.1, 0.15) is 33.4 Å². The van der Waals surface area contributed by atoms with Crippen molar-refractivity contribution in [1.29, 1.82) is 0 Å². The van der Waals surface area contributed by atoms with Crippen molar-refractivity contribution < 1.29 is 32.2 Å². The lowest BCUT2D eigenvalue weighted by atomic mass is 9.79. The van der Waals surface area contributed by atoms with E-state index < -0.39 is 46.9 Å². The van der Waals surface area contributed by atoms with Gasteiger partial charge in [0, 0.05) is 18.2 Å². The monoisotopic (exact) mass is 470 g/mol. The van der Waals surface area contributed by atoms with E-state index in [0.29, 0.717) is 0 Å². The fraction of sp³-hybridized carbons (Fsp3) is 0.200. The van der Waals surface area contributed by atoms with Crippen molar-refractivity contribution in [2.75, 3.05) is 26.6 Å². The van der Waals surface area contributed by atoms with Crippen LogP contribution < -0.4 is 14.8 Å². The molecule has 1 aliphatic heterocycles. The Morgan fingerprint density at radius 3 is 2.09 bits per heavy atom. The van der Waals surface area contributed by atoms with Crippen LogP contribution in [0.25, 0.3) is 0 Å². The number of rotatable bonds is 5. The Labute approximate surface area is 193 Å². The Balaban J connectivity index is 1.93. The van der Waals surface area contributed by atoms with Crippen LogP contribution in [-0.2, 0) is 4.79 Å². The zero-order valence-electron chi connectivity index (χ0n) is 18.6. The van der Waals surface area contributed by atoms with Gasteiger partial charge in [-0.3, -0.25) is 9.59 Å². The zero-order valence-corrected chi connectivity index (χ0v) is 18.6. The molecule has 2 atom stereocenters. The van der Waals surface area contributed by atoms with Gasteiger partial charge in [-0.1, -0.05) is 24.3 Å². The molecule has 1 N–H and O–H groups in total. The molecule has 2 amide bonds. The van der Waals surface area contributed by atoms with Gasteiger partial charge in [-0.25, -0.2) is 13.2 Å². The molecule has 0 spiro atoms. The minimum Gasteiger partial charge on any atom is -0.493 e. The second kappa shape index (κ2) is 9.09. The lowest BCUT2D eigenvalue weighted by Gasteiger charge is -2.40. The third kappa shape index (κ3) is 3.83. The number of nitrogens with zero attached hydrogens (tertiary/aromatic N) is 1. The third-order valence-corrected chi connectivity index (χ3v) is 5.89. The zero-order chi connectivity index (χ0) is 24.6. The van der Waals surface area contributed by atoms with Gasteiger partial charge in [0.05, 0.1) is 26.2 Å². The average Bonchev–Trinajstić information content (AvgIpc) is 2.83. The molecule has 0 aliphatic carbocycles. The van der Waals surface area contributed by atoms with Crippen LogP contribution in [0.15, 0.2) is 54.6 Å². The number of halogens is 3. The molecule has 3 aromatic carbocycles. The second-order valence-electron chi connectivity index (χ2n) is 7.74. The predicted octanol–water partition coefficient (Wildman–Crippen LogP) is 4.67. The predicted molar refractivity (Wildman–Crippen MR) is 119 cm³/mol. The van der Waals surface area contributed by atoms with Crippen LogP contribution in [0.4, 0.5) is 18.9 Å². The second-order valence-corrected chi connectivity index (χ2v) is 7.74. The highest BCUT2D eigenvalue weighted by molar-refractivity contribution is 6.05. The largest absolute Gasteiger partial charge is 0.493 e. The Hall–Kier alpha value is -4.01. The molecule has 0 aromatic heterocycles. The summed E-state index contributed by atoms with van der Waals surface area (Å²) in [4.78, 5) is 28.1. The Bertz CT molecular complexity index is 1260. The summed E-state index contributed by atoms with van der Waals surface area (Å²) in [7, 11) is 4.22. The molecule has 0 bridgehead atoms. The van der Waals surface area contributed by atoms with Crippen LogP contribution in [0.3, 0.4) is 0 Å². The van der Waals surface area contributed by atoms with Gasteiger partial charge >= 0.3 is 0 Å². The maximum absolute atomic E-state index is 14.9. The molecule has 9 heteroatoms. The molecule has 0 radical (unpaired) electrons. The van der Waals surface area contributed by atoms with Crippen LogP contribution in [0, 0.1) is 17.5 Å². The number of nitrogens with one attached hydrogen (secondary N) is 1. The summed E-state index contributed by atoms with van der Waals surface area (Å²) in [6.07, 6.45) is 0. The normalized spacial score (nSPS) is 17.2. The first-order valence-corrected chi connectivity index (χ1v) is 10.3. The summed E-state index contributed by atoms with van der Waals surface area (Å²) in [6, 6.07) is 10.7. The van der Waals surface area contributed by atoms with Gasteiger partial charge in [0.2, 0.25) is 5.91 Å². The minimum atomic E-state index is -1.23. The summed E-state index contributed by atoms with van der Waals surface area (Å²) in [5, 5.41) is 2.29. The fourth-order valence-electron chi connectivity index (χ4n) is 4.25. The number of carbonyl (C=O) groups is 2. The number of fused-ring (bicyclic) bond motifs is 1. The topological polar surface area (TPSA) is 67.9 Å². The van der Waals surface area contributed by atoms with Gasteiger partial charge in [0.25, 0.3) is 5.91 Å².